The van der Waals surface area contributed by atoms with Crippen LogP contribution in [-0.4, -0.2) is 16.1 Å². The van der Waals surface area contributed by atoms with Crippen molar-refractivity contribution in [3.63, 3.8) is 0 Å². The number of hydrogen-bond donors (Lipinski definition) is 1. The molecule has 0 bridgehead atoms. The first-order valence-electron chi connectivity index (χ1n) is 6.19. The van der Waals surface area contributed by atoms with Gasteiger partial charge in [-0.25, -0.2) is 14.2 Å². The summed E-state index contributed by atoms with van der Waals surface area (Å²) in [5, 5.41) is 11.9. The highest BCUT2D eigenvalue weighted by Crippen LogP contribution is 2.21. The number of rotatable bonds is 6. The van der Waals surface area contributed by atoms with Crippen molar-refractivity contribution in [3.8, 4) is 5.75 Å². The Bertz CT molecular complexity index is 612. The van der Waals surface area contributed by atoms with Gasteiger partial charge in [-0.15, -0.1) is 11.3 Å². The van der Waals surface area contributed by atoms with Gasteiger partial charge in [0.2, 0.25) is 0 Å². The quantitative estimate of drug-likeness (QED) is 0.886. The first kappa shape index (κ1) is 14.5. The lowest BCUT2D eigenvalue weighted by atomic mass is 10.2. The van der Waals surface area contributed by atoms with Crippen molar-refractivity contribution in [2.24, 2.45) is 0 Å². The largest absolute Gasteiger partial charge is 0.486 e. The minimum Gasteiger partial charge on any atom is -0.486 e. The molecule has 0 fully saturated rings. The molecule has 0 atom stereocenters. The predicted octanol–water partition coefficient (Wildman–Crippen LogP) is 3.51. The summed E-state index contributed by atoms with van der Waals surface area (Å²) in [6, 6.07) is 3.44. The minimum atomic E-state index is -1.22. The van der Waals surface area contributed by atoms with E-state index in [0.29, 0.717) is 0 Å². The fourth-order valence-electron chi connectivity index (χ4n) is 1.69. The molecule has 106 valence electrons. The fraction of sp³-hybridized carbons (Fsp3) is 0.286. The third-order valence-corrected chi connectivity index (χ3v) is 3.57. The van der Waals surface area contributed by atoms with Crippen LogP contribution in [0.25, 0.3) is 0 Å². The van der Waals surface area contributed by atoms with E-state index in [9.17, 15) is 9.18 Å². The first-order valence-corrected chi connectivity index (χ1v) is 7.07. The Kier molecular flexibility index (Phi) is 4.68. The molecule has 1 aromatic carbocycles. The van der Waals surface area contributed by atoms with Crippen molar-refractivity contribution in [2.75, 3.05) is 0 Å². The molecular formula is C14H14FNO3S. The zero-order chi connectivity index (χ0) is 14.5. The molecular weight excluding hydrogens is 281 g/mol. The third-order valence-electron chi connectivity index (χ3n) is 2.61. The van der Waals surface area contributed by atoms with E-state index in [0.717, 1.165) is 29.6 Å². The number of nitrogens with zero attached hydrogens (tertiary/aromatic N) is 1. The standard InChI is InChI=1S/C14H14FNO3S/c1-2-3-13-16-10(8-20-13)7-19-12-5-4-9(15)6-11(12)14(17)18/h4-6,8H,2-3,7H2,1H3,(H,17,18). The van der Waals surface area contributed by atoms with Crippen molar-refractivity contribution in [1.29, 1.82) is 0 Å². The van der Waals surface area contributed by atoms with Crippen molar-refractivity contribution in [2.45, 2.75) is 26.4 Å². The zero-order valence-corrected chi connectivity index (χ0v) is 11.7. The van der Waals surface area contributed by atoms with Crippen molar-refractivity contribution in [1.82, 2.24) is 4.98 Å². The van der Waals surface area contributed by atoms with Crippen LogP contribution in [0.4, 0.5) is 4.39 Å². The van der Waals surface area contributed by atoms with E-state index in [4.69, 9.17) is 9.84 Å². The number of ether oxygens (including phenoxy) is 1. The van der Waals surface area contributed by atoms with Crippen LogP contribution in [0.1, 0.15) is 34.4 Å². The van der Waals surface area contributed by atoms with E-state index < -0.39 is 11.8 Å². The molecule has 0 unspecified atom stereocenters. The van der Waals surface area contributed by atoms with Gasteiger partial charge in [0.25, 0.3) is 0 Å². The van der Waals surface area contributed by atoms with Gasteiger partial charge in [0.15, 0.2) is 0 Å². The van der Waals surface area contributed by atoms with Gasteiger partial charge in [0, 0.05) is 5.38 Å². The highest BCUT2D eigenvalue weighted by atomic mass is 32.1. The van der Waals surface area contributed by atoms with E-state index in [1.54, 1.807) is 11.3 Å². The summed E-state index contributed by atoms with van der Waals surface area (Å²) < 4.78 is 18.5. The van der Waals surface area contributed by atoms with E-state index in [2.05, 4.69) is 11.9 Å². The number of benzene rings is 1. The Morgan fingerprint density at radius 1 is 1.50 bits per heavy atom. The molecule has 0 aliphatic carbocycles. The highest BCUT2D eigenvalue weighted by Gasteiger charge is 2.13. The predicted molar refractivity (Wildman–Crippen MR) is 73.8 cm³/mol. The Morgan fingerprint density at radius 3 is 3.00 bits per heavy atom. The number of thiazole rings is 1. The Morgan fingerprint density at radius 2 is 2.30 bits per heavy atom. The number of carbonyl (C=O) groups is 1. The Balaban J connectivity index is 2.08. The number of hydrogen-bond acceptors (Lipinski definition) is 4. The summed E-state index contributed by atoms with van der Waals surface area (Å²) in [5.41, 5.74) is 0.563. The van der Waals surface area contributed by atoms with Gasteiger partial charge in [-0.05, 0) is 31.0 Å². The molecule has 6 heteroatoms. The van der Waals surface area contributed by atoms with Gasteiger partial charge < -0.3 is 9.84 Å². The first-order chi connectivity index (χ1) is 9.60. The molecule has 20 heavy (non-hydrogen) atoms. The normalized spacial score (nSPS) is 10.5. The fourth-order valence-corrected chi connectivity index (χ4v) is 2.58. The lowest BCUT2D eigenvalue weighted by Gasteiger charge is -2.07. The minimum absolute atomic E-state index is 0.143. The zero-order valence-electron chi connectivity index (χ0n) is 10.9. The van der Waals surface area contributed by atoms with E-state index in [1.807, 2.05) is 5.38 Å². The lowest BCUT2D eigenvalue weighted by Crippen LogP contribution is -2.04. The molecule has 1 N–H and O–H groups in total. The molecule has 0 amide bonds. The van der Waals surface area contributed by atoms with Gasteiger partial charge in [-0.3, -0.25) is 0 Å². The number of aromatic carboxylic acids is 1. The Hall–Kier alpha value is -1.95. The average Bonchev–Trinajstić information content (AvgIpc) is 2.85. The molecule has 0 radical (unpaired) electrons. The number of aryl methyl sites for hydroxylation is 1. The van der Waals surface area contributed by atoms with Crippen LogP contribution >= 0.6 is 11.3 Å². The highest BCUT2D eigenvalue weighted by molar-refractivity contribution is 7.09. The van der Waals surface area contributed by atoms with Crippen LogP contribution in [0.3, 0.4) is 0 Å². The summed E-state index contributed by atoms with van der Waals surface area (Å²) in [6.07, 6.45) is 1.94. The van der Waals surface area contributed by atoms with Gasteiger partial charge in [-0.1, -0.05) is 6.92 Å². The molecule has 0 saturated carbocycles. The summed E-state index contributed by atoms with van der Waals surface area (Å²) >= 11 is 1.55. The summed E-state index contributed by atoms with van der Waals surface area (Å²) in [4.78, 5) is 15.4. The van der Waals surface area contributed by atoms with E-state index in [-0.39, 0.29) is 17.9 Å². The maximum atomic E-state index is 13.0. The molecule has 1 heterocycles. The molecule has 0 aliphatic heterocycles. The molecule has 2 aromatic rings. The monoisotopic (exact) mass is 295 g/mol. The molecule has 4 nitrogen and oxygen atoms in total. The van der Waals surface area contributed by atoms with Gasteiger partial charge in [0.1, 0.15) is 23.7 Å². The average molecular weight is 295 g/mol. The Labute approximate surface area is 119 Å². The maximum Gasteiger partial charge on any atom is 0.339 e. The van der Waals surface area contributed by atoms with Crippen LogP contribution in [0, 0.1) is 5.82 Å². The maximum absolute atomic E-state index is 13.0. The van der Waals surface area contributed by atoms with E-state index in [1.165, 1.54) is 12.1 Å². The van der Waals surface area contributed by atoms with Crippen LogP contribution in [0.2, 0.25) is 0 Å². The number of carboxylic acids is 1. The van der Waals surface area contributed by atoms with Crippen molar-refractivity contribution in [3.05, 3.63) is 45.7 Å². The van der Waals surface area contributed by atoms with Crippen LogP contribution in [0.5, 0.6) is 5.75 Å². The number of carboxylic acid groups (broad SMARTS) is 1. The summed E-state index contributed by atoms with van der Waals surface area (Å²) in [7, 11) is 0. The lowest BCUT2D eigenvalue weighted by molar-refractivity contribution is 0.0691. The topological polar surface area (TPSA) is 59.4 Å². The smallest absolute Gasteiger partial charge is 0.339 e. The van der Waals surface area contributed by atoms with Gasteiger partial charge in [0.05, 0.1) is 10.7 Å². The second-order valence-corrected chi connectivity index (χ2v) is 5.16. The second kappa shape index (κ2) is 6.47. The number of aromatic nitrogens is 1. The SMILES string of the molecule is CCCc1nc(COc2ccc(F)cc2C(=O)O)cs1. The molecule has 0 saturated heterocycles. The molecule has 2 rings (SSSR count). The summed E-state index contributed by atoms with van der Waals surface area (Å²) in [6.45, 7) is 2.25. The molecule has 0 spiro atoms. The molecule has 1 aromatic heterocycles. The van der Waals surface area contributed by atoms with Gasteiger partial charge >= 0.3 is 5.97 Å². The summed E-state index contributed by atoms with van der Waals surface area (Å²) in [5.74, 6) is -1.68. The second-order valence-electron chi connectivity index (χ2n) is 4.22. The van der Waals surface area contributed by atoms with Crippen LogP contribution < -0.4 is 4.74 Å². The van der Waals surface area contributed by atoms with Crippen molar-refractivity contribution < 1.29 is 19.0 Å². The van der Waals surface area contributed by atoms with Crippen molar-refractivity contribution >= 4 is 17.3 Å². The van der Waals surface area contributed by atoms with Crippen LogP contribution in [0.15, 0.2) is 23.6 Å². The molecule has 0 aliphatic rings. The van der Waals surface area contributed by atoms with Crippen LogP contribution in [-0.2, 0) is 13.0 Å². The third kappa shape index (κ3) is 3.54. The number of halogens is 1. The van der Waals surface area contributed by atoms with Gasteiger partial charge in [-0.2, -0.15) is 0 Å². The van der Waals surface area contributed by atoms with E-state index >= 15 is 0 Å².